The van der Waals surface area contributed by atoms with Gasteiger partial charge in [0, 0.05) is 48.1 Å². The van der Waals surface area contributed by atoms with Crippen LogP contribution in [0.1, 0.15) is 16.8 Å². The molecule has 16 heavy (non-hydrogen) atoms. The number of pyridine rings is 1. The van der Waals surface area contributed by atoms with Crippen molar-refractivity contribution in [2.24, 2.45) is 10.9 Å². The Hall–Kier alpha value is -1.09. The van der Waals surface area contributed by atoms with Gasteiger partial charge in [-0.1, -0.05) is 5.16 Å². The summed E-state index contributed by atoms with van der Waals surface area (Å²) in [6.07, 6.45) is 0.809. The molecule has 0 saturated heterocycles. The number of nitrogens with zero attached hydrogens (tertiary/aromatic N) is 2. The predicted octanol–water partition coefficient (Wildman–Crippen LogP) is 0.177. The van der Waals surface area contributed by atoms with E-state index in [0.29, 0.717) is 0 Å². The number of fused-ring (bicyclic) bond motifs is 1. The quantitative estimate of drug-likeness (QED) is 0.171. The Morgan fingerprint density at radius 3 is 3.12 bits per heavy atom. The number of nitrogens with two attached hydrogens (primary N) is 1. The first-order valence-corrected chi connectivity index (χ1v) is 5.72. The molecular formula is C9H11IN4O2. The largest absolute Gasteiger partial charge is 0.409 e. The van der Waals surface area contributed by atoms with Crippen LogP contribution in [0.25, 0.3) is 0 Å². The molecule has 2 heterocycles. The molecule has 0 aliphatic carbocycles. The Balaban J connectivity index is 2.51. The Bertz CT molecular complexity index is 497. The van der Waals surface area contributed by atoms with Gasteiger partial charge in [-0.2, -0.15) is 0 Å². The minimum absolute atomic E-state index is 0.158. The standard InChI is InChI=1S/C9H11IN4O2/c10-14-2-1-7-5(4-14)3-6(8(11)13-16)9(15)12-7/h3,16H,1-2,4H2,(H2,11,13)(H,12,15). The molecule has 6 nitrogen and oxygen atoms in total. The number of halogens is 1. The van der Waals surface area contributed by atoms with Gasteiger partial charge < -0.3 is 15.9 Å². The Morgan fingerprint density at radius 1 is 1.69 bits per heavy atom. The number of aromatic amines is 1. The number of oxime groups is 1. The van der Waals surface area contributed by atoms with Crippen LogP contribution in [0.2, 0.25) is 0 Å². The average molecular weight is 334 g/mol. The van der Waals surface area contributed by atoms with Gasteiger partial charge in [-0.05, 0) is 11.6 Å². The van der Waals surface area contributed by atoms with Crippen LogP contribution in [-0.4, -0.2) is 25.7 Å². The molecule has 0 spiro atoms. The molecule has 0 atom stereocenters. The van der Waals surface area contributed by atoms with Crippen LogP contribution in [0, 0.1) is 0 Å². The first-order chi connectivity index (χ1) is 7.61. The topological polar surface area (TPSA) is 94.7 Å². The van der Waals surface area contributed by atoms with Gasteiger partial charge in [-0.25, -0.2) is 3.11 Å². The average Bonchev–Trinajstić information content (AvgIpc) is 2.28. The van der Waals surface area contributed by atoms with Crippen molar-refractivity contribution in [2.45, 2.75) is 13.0 Å². The van der Waals surface area contributed by atoms with Crippen LogP contribution in [-0.2, 0) is 13.0 Å². The normalized spacial score (nSPS) is 17.2. The maximum Gasteiger partial charge on any atom is 0.259 e. The number of amidine groups is 1. The van der Waals surface area contributed by atoms with Gasteiger partial charge in [0.1, 0.15) is 0 Å². The zero-order valence-corrected chi connectivity index (χ0v) is 10.6. The van der Waals surface area contributed by atoms with E-state index in [1.54, 1.807) is 6.07 Å². The summed E-state index contributed by atoms with van der Waals surface area (Å²) in [6.45, 7) is 1.66. The van der Waals surface area contributed by atoms with Crippen molar-refractivity contribution < 1.29 is 5.21 Å². The van der Waals surface area contributed by atoms with Gasteiger partial charge in [-0.3, -0.25) is 4.79 Å². The van der Waals surface area contributed by atoms with Gasteiger partial charge in [0.25, 0.3) is 5.56 Å². The molecule has 1 aromatic rings. The van der Waals surface area contributed by atoms with E-state index >= 15 is 0 Å². The third-order valence-electron chi connectivity index (χ3n) is 2.55. The molecule has 86 valence electrons. The second-order valence-corrected chi connectivity index (χ2v) is 4.96. The lowest BCUT2D eigenvalue weighted by Crippen LogP contribution is -2.30. The van der Waals surface area contributed by atoms with Gasteiger partial charge >= 0.3 is 0 Å². The highest BCUT2D eigenvalue weighted by Crippen LogP contribution is 2.19. The van der Waals surface area contributed by atoms with Gasteiger partial charge in [-0.15, -0.1) is 0 Å². The zero-order valence-electron chi connectivity index (χ0n) is 8.40. The summed E-state index contributed by atoms with van der Waals surface area (Å²) in [5.41, 5.74) is 7.29. The van der Waals surface area contributed by atoms with Gasteiger partial charge in [0.05, 0.1) is 5.56 Å². The Morgan fingerprint density at radius 2 is 2.44 bits per heavy atom. The highest BCUT2D eigenvalue weighted by molar-refractivity contribution is 14.1. The minimum Gasteiger partial charge on any atom is -0.409 e. The van der Waals surface area contributed by atoms with Crippen molar-refractivity contribution in [3.63, 3.8) is 0 Å². The molecule has 2 rings (SSSR count). The third-order valence-corrected chi connectivity index (χ3v) is 3.37. The number of hydrogen-bond acceptors (Lipinski definition) is 4. The van der Waals surface area contributed by atoms with E-state index in [-0.39, 0.29) is 17.0 Å². The first-order valence-electron chi connectivity index (χ1n) is 4.75. The zero-order chi connectivity index (χ0) is 11.7. The van der Waals surface area contributed by atoms with E-state index in [1.165, 1.54) is 0 Å². The lowest BCUT2D eigenvalue weighted by Gasteiger charge is -2.22. The van der Waals surface area contributed by atoms with Crippen molar-refractivity contribution in [2.75, 3.05) is 6.54 Å². The van der Waals surface area contributed by atoms with E-state index in [4.69, 9.17) is 10.9 Å². The molecule has 0 saturated carbocycles. The van der Waals surface area contributed by atoms with E-state index in [1.807, 2.05) is 0 Å². The highest BCUT2D eigenvalue weighted by atomic mass is 127. The number of hydrogen-bond donors (Lipinski definition) is 3. The Labute approximate surface area is 106 Å². The summed E-state index contributed by atoms with van der Waals surface area (Å²) in [6, 6.07) is 1.69. The fourth-order valence-corrected chi connectivity index (χ4v) is 2.33. The minimum atomic E-state index is -0.309. The van der Waals surface area contributed by atoms with Crippen LogP contribution in [0.5, 0.6) is 0 Å². The van der Waals surface area contributed by atoms with Crippen LogP contribution in [0.4, 0.5) is 0 Å². The van der Waals surface area contributed by atoms with E-state index in [9.17, 15) is 4.79 Å². The molecule has 0 amide bonds. The van der Waals surface area contributed by atoms with Crippen LogP contribution in [0.3, 0.4) is 0 Å². The SMILES string of the molecule is NC(=NO)c1cc2c([nH]c1=O)CCN(I)C2. The maximum absolute atomic E-state index is 11.6. The van der Waals surface area contributed by atoms with Gasteiger partial charge in [0.15, 0.2) is 5.84 Å². The summed E-state index contributed by atoms with van der Waals surface area (Å²) < 4.78 is 2.12. The van der Waals surface area contributed by atoms with Gasteiger partial charge in [0.2, 0.25) is 0 Å². The first kappa shape index (κ1) is 11.4. The van der Waals surface area contributed by atoms with E-state index in [0.717, 1.165) is 30.8 Å². The summed E-state index contributed by atoms with van der Waals surface area (Å²) in [5, 5.41) is 11.4. The molecule has 7 heteroatoms. The Kier molecular flexibility index (Phi) is 3.15. The summed E-state index contributed by atoms with van der Waals surface area (Å²) in [5.74, 6) is -0.158. The number of rotatable bonds is 1. The molecule has 1 aromatic heterocycles. The molecule has 1 aliphatic rings. The number of nitrogens with one attached hydrogen (secondary N) is 1. The molecule has 1 aliphatic heterocycles. The monoisotopic (exact) mass is 334 g/mol. The van der Waals surface area contributed by atoms with Crippen molar-refractivity contribution in [1.29, 1.82) is 0 Å². The number of H-pyrrole nitrogens is 1. The number of aromatic nitrogens is 1. The van der Waals surface area contributed by atoms with Crippen LogP contribution >= 0.6 is 22.9 Å². The molecule has 0 aromatic carbocycles. The van der Waals surface area contributed by atoms with E-state index < -0.39 is 0 Å². The smallest absolute Gasteiger partial charge is 0.259 e. The molecule has 0 radical (unpaired) electrons. The van der Waals surface area contributed by atoms with Crippen molar-refractivity contribution in [1.82, 2.24) is 8.10 Å². The van der Waals surface area contributed by atoms with E-state index in [2.05, 4.69) is 36.1 Å². The molecule has 0 unspecified atom stereocenters. The molecule has 0 fully saturated rings. The van der Waals surface area contributed by atoms with Crippen LogP contribution < -0.4 is 11.3 Å². The predicted molar refractivity (Wildman–Crippen MR) is 67.7 cm³/mol. The van der Waals surface area contributed by atoms with Crippen molar-refractivity contribution >= 4 is 28.7 Å². The highest BCUT2D eigenvalue weighted by Gasteiger charge is 2.17. The van der Waals surface area contributed by atoms with Crippen LogP contribution in [0.15, 0.2) is 16.0 Å². The molecule has 4 N–H and O–H groups in total. The maximum atomic E-state index is 11.6. The second kappa shape index (κ2) is 4.42. The third kappa shape index (κ3) is 2.05. The van der Waals surface area contributed by atoms with Crippen molar-refractivity contribution in [3.05, 3.63) is 33.2 Å². The van der Waals surface area contributed by atoms with Crippen molar-refractivity contribution in [3.8, 4) is 0 Å². The molecular weight excluding hydrogens is 323 g/mol. The summed E-state index contributed by atoms with van der Waals surface area (Å²) >= 11 is 2.23. The lowest BCUT2D eigenvalue weighted by molar-refractivity contribution is 0.318. The fraction of sp³-hybridized carbons (Fsp3) is 0.333. The fourth-order valence-electron chi connectivity index (χ4n) is 1.72. The summed E-state index contributed by atoms with van der Waals surface area (Å²) in [4.78, 5) is 14.4. The molecule has 0 bridgehead atoms. The second-order valence-electron chi connectivity index (χ2n) is 3.60. The summed E-state index contributed by atoms with van der Waals surface area (Å²) in [7, 11) is 0. The lowest BCUT2D eigenvalue weighted by atomic mass is 10.0.